The fraction of sp³-hybridized carbons (Fsp3) is 0.350. The van der Waals surface area contributed by atoms with Gasteiger partial charge < -0.3 is 5.73 Å². The number of halogens is 2. The number of hydrogen-bond acceptors (Lipinski definition) is 2. The molecule has 2 nitrogen and oxygen atoms in total. The number of aryl methyl sites for hydroxylation is 1. The van der Waals surface area contributed by atoms with Gasteiger partial charge in [-0.3, -0.25) is 0 Å². The third kappa shape index (κ3) is 13.0. The van der Waals surface area contributed by atoms with E-state index < -0.39 is 11.6 Å². The molecule has 0 heterocycles. The molecule has 4 heteroatoms. The van der Waals surface area contributed by atoms with Gasteiger partial charge in [-0.05, 0) is 120 Å². The molecule has 4 rings (SSSR count). The fourth-order valence-corrected chi connectivity index (χ4v) is 7.92. The van der Waals surface area contributed by atoms with E-state index in [0.717, 1.165) is 44.5 Å². The second-order valence-electron chi connectivity index (χ2n) is 19.6. The zero-order valence-corrected chi connectivity index (χ0v) is 41.4. The van der Waals surface area contributed by atoms with Crippen LogP contribution >= 0.6 is 0 Å². The van der Waals surface area contributed by atoms with Gasteiger partial charge in [0.15, 0.2) is 11.6 Å². The largest absolute Gasteiger partial charge is 0.396 e. The fourth-order valence-electron chi connectivity index (χ4n) is 7.92. The van der Waals surface area contributed by atoms with Crippen LogP contribution in [-0.2, 0) is 6.42 Å². The number of hydrogen-bond donors (Lipinski definition) is 1. The molecule has 4 aromatic carbocycles. The van der Waals surface area contributed by atoms with Crippen molar-refractivity contribution in [2.24, 2.45) is 21.7 Å². The van der Waals surface area contributed by atoms with Gasteiger partial charge in [0.1, 0.15) is 0 Å². The van der Waals surface area contributed by atoms with Crippen molar-refractivity contribution in [3.05, 3.63) is 189 Å². The molecule has 0 aromatic heterocycles. The Labute approximate surface area is 385 Å². The van der Waals surface area contributed by atoms with Gasteiger partial charge >= 0.3 is 0 Å². The summed E-state index contributed by atoms with van der Waals surface area (Å²) in [5, 5.41) is 0. The summed E-state index contributed by atoms with van der Waals surface area (Å²) in [6, 6.07) is 26.4. The second-order valence-corrected chi connectivity index (χ2v) is 19.6. The van der Waals surface area contributed by atoms with Crippen molar-refractivity contribution >= 4 is 39.4 Å². The molecular weight excluding hydrogens is 787 g/mol. The molecule has 0 aliphatic rings. The first-order valence-electron chi connectivity index (χ1n) is 23.0. The summed E-state index contributed by atoms with van der Waals surface area (Å²) in [6.07, 6.45) is 14.5. The molecule has 0 amide bonds. The van der Waals surface area contributed by atoms with Gasteiger partial charge in [-0.1, -0.05) is 202 Å². The van der Waals surface area contributed by atoms with Crippen molar-refractivity contribution in [3.63, 3.8) is 0 Å². The van der Waals surface area contributed by atoms with Crippen molar-refractivity contribution in [2.75, 3.05) is 5.73 Å². The Kier molecular flexibility index (Phi) is 17.8. The normalized spacial score (nSPS) is 14.0. The third-order valence-electron chi connectivity index (χ3n) is 12.3. The van der Waals surface area contributed by atoms with Crippen molar-refractivity contribution in [1.29, 1.82) is 0 Å². The van der Waals surface area contributed by atoms with Gasteiger partial charge in [0, 0.05) is 17.5 Å². The average molecular weight is 861 g/mol. The number of nitrogens with two attached hydrogens (primary N) is 1. The lowest BCUT2D eigenvalue weighted by molar-refractivity contribution is 0.502. The van der Waals surface area contributed by atoms with Crippen LogP contribution in [0.15, 0.2) is 144 Å². The van der Waals surface area contributed by atoms with E-state index in [4.69, 9.17) is 10.7 Å². The average Bonchev–Trinajstić information content (AvgIpc) is 3.24. The van der Waals surface area contributed by atoms with Crippen LogP contribution in [-0.4, -0.2) is 5.71 Å². The predicted molar refractivity (Wildman–Crippen MR) is 278 cm³/mol. The van der Waals surface area contributed by atoms with Gasteiger partial charge in [0.2, 0.25) is 0 Å². The molecule has 0 aliphatic heterocycles. The van der Waals surface area contributed by atoms with Crippen molar-refractivity contribution < 1.29 is 8.78 Å². The second kappa shape index (κ2) is 22.3. The zero-order chi connectivity index (χ0) is 47.5. The zero-order valence-electron chi connectivity index (χ0n) is 41.4. The van der Waals surface area contributed by atoms with E-state index in [2.05, 4.69) is 125 Å². The summed E-state index contributed by atoms with van der Waals surface area (Å²) in [6.45, 7) is 34.2. The van der Waals surface area contributed by atoms with E-state index in [1.807, 2.05) is 93.6 Å². The number of anilines is 1. The SMILES string of the molecule is C=C(/C=C\C(=C(C)C)C(C)(C)C)c1ccc(/C(C)=C/C=C(\CCC)c2c(N)c(N=C(Cc3ccccc3)c3ccccc3)c(/C(=C/C=C(\C)C(C)(C)C)C(C)CC)c(F)c2F)cc1C. The summed E-state index contributed by atoms with van der Waals surface area (Å²) in [5.41, 5.74) is 20.4. The third-order valence-corrected chi connectivity index (χ3v) is 12.3. The molecule has 0 spiro atoms. The lowest BCUT2D eigenvalue weighted by Gasteiger charge is -2.23. The molecule has 0 saturated heterocycles. The highest BCUT2D eigenvalue weighted by atomic mass is 19.2. The molecular formula is C60H74F2N2. The highest BCUT2D eigenvalue weighted by Gasteiger charge is 2.29. The monoisotopic (exact) mass is 861 g/mol. The molecule has 4 aromatic rings. The number of allylic oxidation sites excluding steroid dienone is 13. The topological polar surface area (TPSA) is 38.4 Å². The van der Waals surface area contributed by atoms with Crippen LogP contribution in [0.4, 0.5) is 20.2 Å². The molecule has 0 saturated carbocycles. The minimum Gasteiger partial charge on any atom is -0.396 e. The van der Waals surface area contributed by atoms with Crippen LogP contribution in [0.25, 0.3) is 22.3 Å². The van der Waals surface area contributed by atoms with Crippen LogP contribution in [0.1, 0.15) is 148 Å². The lowest BCUT2D eigenvalue weighted by Crippen LogP contribution is -2.11. The van der Waals surface area contributed by atoms with Gasteiger partial charge in [-0.15, -0.1) is 0 Å². The summed E-state index contributed by atoms with van der Waals surface area (Å²) < 4.78 is 34.7. The summed E-state index contributed by atoms with van der Waals surface area (Å²) in [7, 11) is 0. The molecule has 64 heavy (non-hydrogen) atoms. The van der Waals surface area contributed by atoms with E-state index >= 15 is 8.78 Å². The van der Waals surface area contributed by atoms with Crippen LogP contribution in [0.2, 0.25) is 0 Å². The van der Waals surface area contributed by atoms with Crippen molar-refractivity contribution in [3.8, 4) is 0 Å². The Morgan fingerprint density at radius 1 is 0.750 bits per heavy atom. The molecule has 338 valence electrons. The maximum absolute atomic E-state index is 17.5. The molecule has 2 N–H and O–H groups in total. The highest BCUT2D eigenvalue weighted by molar-refractivity contribution is 6.05. The van der Waals surface area contributed by atoms with E-state index in [-0.39, 0.29) is 39.2 Å². The maximum atomic E-state index is 17.5. The molecule has 0 aliphatic carbocycles. The van der Waals surface area contributed by atoms with Crippen LogP contribution in [0.5, 0.6) is 0 Å². The Balaban J connectivity index is 1.99. The molecule has 0 fully saturated rings. The first-order chi connectivity index (χ1) is 30.1. The number of nitrogens with zero attached hydrogens (tertiary/aromatic N) is 1. The Bertz CT molecular complexity index is 2500. The first kappa shape index (κ1) is 51.0. The summed E-state index contributed by atoms with van der Waals surface area (Å²) in [4.78, 5) is 5.33. The Morgan fingerprint density at radius 3 is 1.91 bits per heavy atom. The van der Waals surface area contributed by atoms with E-state index in [0.29, 0.717) is 42.5 Å². The molecule has 0 bridgehead atoms. The summed E-state index contributed by atoms with van der Waals surface area (Å²) in [5.74, 6) is -2.02. The minimum atomic E-state index is -0.957. The highest BCUT2D eigenvalue weighted by Crippen LogP contribution is 2.46. The van der Waals surface area contributed by atoms with Crippen molar-refractivity contribution in [1.82, 2.24) is 0 Å². The van der Waals surface area contributed by atoms with Crippen LogP contribution < -0.4 is 5.73 Å². The van der Waals surface area contributed by atoms with Gasteiger partial charge in [-0.25, -0.2) is 13.8 Å². The lowest BCUT2D eigenvalue weighted by atomic mass is 9.83. The summed E-state index contributed by atoms with van der Waals surface area (Å²) >= 11 is 0. The van der Waals surface area contributed by atoms with Crippen molar-refractivity contribution in [2.45, 2.75) is 123 Å². The van der Waals surface area contributed by atoms with Crippen LogP contribution in [0.3, 0.4) is 0 Å². The van der Waals surface area contributed by atoms with Gasteiger partial charge in [-0.2, -0.15) is 0 Å². The quantitative estimate of drug-likeness (QED) is 0.0680. The smallest absolute Gasteiger partial charge is 0.169 e. The van der Waals surface area contributed by atoms with Crippen LogP contribution in [0, 0.1) is 35.3 Å². The number of rotatable bonds is 16. The molecule has 1 unspecified atom stereocenters. The van der Waals surface area contributed by atoms with Gasteiger partial charge in [0.05, 0.1) is 17.1 Å². The standard InChI is InChI=1S/C60H74F2N2/c1-16-24-47(32-29-41(6)48-33-35-49(43(8)37-48)42(7)30-36-51(39(3)4)60(13,14)15)53-55(61)56(62)54(50(40(5)17-2)34-31-44(9)59(10,11)12)58(57(53)63)64-52(46-27-22-19-23-28-46)38-45-25-20-18-21-26-45/h18-23,25-37,40H,7,16-17,24,38,63H2,1-6,8-15H3/b36-30-,41-29+,44-31+,47-32+,50-34+,64-52?. The maximum Gasteiger partial charge on any atom is 0.169 e. The molecule has 1 atom stereocenters. The van der Waals surface area contributed by atoms with E-state index in [1.54, 1.807) is 0 Å². The number of nitrogen functional groups attached to an aromatic ring is 1. The minimum absolute atomic E-state index is 0.0283. The predicted octanol–water partition coefficient (Wildman–Crippen LogP) is 17.9. The van der Waals surface area contributed by atoms with Gasteiger partial charge in [0.25, 0.3) is 0 Å². The molecule has 0 radical (unpaired) electrons. The number of benzene rings is 4. The number of aliphatic imine (C=N–C) groups is 1. The Hall–Kier alpha value is -5.61. The van der Waals surface area contributed by atoms with E-state index in [1.165, 1.54) is 11.1 Å². The Morgan fingerprint density at radius 2 is 1.36 bits per heavy atom. The van der Waals surface area contributed by atoms with E-state index in [9.17, 15) is 0 Å². The first-order valence-corrected chi connectivity index (χ1v) is 23.0.